The Kier molecular flexibility index (Phi) is 2.98. The van der Waals surface area contributed by atoms with Gasteiger partial charge in [-0.25, -0.2) is 4.79 Å². The number of fused-ring (bicyclic) bond motifs is 1. The third-order valence-corrected chi connectivity index (χ3v) is 2.92. The molecule has 96 valence electrons. The van der Waals surface area contributed by atoms with E-state index in [2.05, 4.69) is 15.6 Å². The van der Waals surface area contributed by atoms with Crippen molar-refractivity contribution in [2.75, 3.05) is 10.6 Å². The fourth-order valence-corrected chi connectivity index (χ4v) is 1.99. The van der Waals surface area contributed by atoms with Crippen LogP contribution in [0.2, 0.25) is 0 Å². The molecule has 1 aromatic heterocycles. The number of anilines is 2. The summed E-state index contributed by atoms with van der Waals surface area (Å²) in [6.07, 6.45) is 3.40. The topological polar surface area (TPSA) is 86.4 Å². The number of hydrogen-bond donors (Lipinski definition) is 4. The lowest BCUT2D eigenvalue weighted by Crippen LogP contribution is -2.29. The Morgan fingerprint density at radius 1 is 1.32 bits per heavy atom. The lowest BCUT2D eigenvalue weighted by atomic mass is 9.79. The van der Waals surface area contributed by atoms with E-state index < -0.39 is 7.12 Å². The zero-order valence-electron chi connectivity index (χ0n) is 10.0. The molecule has 0 bridgehead atoms. The fraction of sp³-hybridized carbons (Fsp3) is 0.0833. The first-order valence-corrected chi connectivity index (χ1v) is 5.85. The number of carbonyl (C=O) groups is 1. The van der Waals surface area contributed by atoms with Gasteiger partial charge < -0.3 is 25.3 Å². The van der Waals surface area contributed by atoms with E-state index in [4.69, 9.17) is 4.65 Å². The molecule has 0 atom stereocenters. The van der Waals surface area contributed by atoms with Gasteiger partial charge in [0.1, 0.15) is 0 Å². The highest BCUT2D eigenvalue weighted by Crippen LogP contribution is 2.15. The number of benzene rings is 1. The maximum absolute atomic E-state index is 11.7. The third kappa shape index (κ3) is 2.47. The molecule has 19 heavy (non-hydrogen) atoms. The van der Waals surface area contributed by atoms with E-state index in [1.54, 1.807) is 30.6 Å². The number of rotatable bonds is 2. The quantitative estimate of drug-likeness (QED) is 0.602. The van der Waals surface area contributed by atoms with Gasteiger partial charge in [-0.3, -0.25) is 0 Å². The van der Waals surface area contributed by atoms with Gasteiger partial charge in [-0.1, -0.05) is 6.07 Å². The zero-order chi connectivity index (χ0) is 13.2. The van der Waals surface area contributed by atoms with Crippen LogP contribution < -0.4 is 16.1 Å². The molecule has 2 amide bonds. The molecule has 1 aromatic carbocycles. The van der Waals surface area contributed by atoms with Crippen LogP contribution >= 0.6 is 0 Å². The van der Waals surface area contributed by atoms with Gasteiger partial charge in [-0.2, -0.15) is 0 Å². The summed E-state index contributed by atoms with van der Waals surface area (Å²) in [7, 11) is -0.913. The molecule has 0 saturated heterocycles. The van der Waals surface area contributed by atoms with Crippen molar-refractivity contribution in [2.45, 2.75) is 6.61 Å². The number of nitrogens with one attached hydrogen (secondary N) is 3. The van der Waals surface area contributed by atoms with Crippen molar-refractivity contribution in [1.29, 1.82) is 0 Å². The number of aromatic amines is 1. The molecule has 0 spiro atoms. The van der Waals surface area contributed by atoms with Gasteiger partial charge in [0, 0.05) is 18.1 Å². The molecule has 2 aromatic rings. The van der Waals surface area contributed by atoms with Crippen molar-refractivity contribution >= 4 is 30.0 Å². The minimum absolute atomic E-state index is 0.340. The Labute approximate surface area is 109 Å². The second kappa shape index (κ2) is 4.79. The normalized spacial score (nSPS) is 13.2. The van der Waals surface area contributed by atoms with Crippen molar-refractivity contribution in [3.63, 3.8) is 0 Å². The standard InChI is InChI=1S/C12H12BN3O3/c17-12(16-10-3-4-14-6-10)15-9-2-1-8-7-19-13(18)11(8)5-9/h1-6,14,18H,7H2,(H2,15,16,17). The van der Waals surface area contributed by atoms with Crippen LogP contribution in [0, 0.1) is 0 Å². The lowest BCUT2D eigenvalue weighted by Gasteiger charge is -2.07. The molecular weight excluding hydrogens is 245 g/mol. The van der Waals surface area contributed by atoms with Crippen LogP contribution in [-0.4, -0.2) is 23.2 Å². The van der Waals surface area contributed by atoms with Gasteiger partial charge in [-0.15, -0.1) is 0 Å². The Hall–Kier alpha value is -2.25. The van der Waals surface area contributed by atoms with Crippen LogP contribution in [0.1, 0.15) is 5.56 Å². The number of amides is 2. The van der Waals surface area contributed by atoms with E-state index in [9.17, 15) is 9.82 Å². The number of H-pyrrole nitrogens is 1. The van der Waals surface area contributed by atoms with Crippen molar-refractivity contribution in [3.8, 4) is 0 Å². The summed E-state index contributed by atoms with van der Waals surface area (Å²) >= 11 is 0. The maximum atomic E-state index is 11.7. The average molecular weight is 257 g/mol. The molecular formula is C12H12BN3O3. The van der Waals surface area contributed by atoms with E-state index in [1.165, 1.54) is 0 Å². The van der Waals surface area contributed by atoms with E-state index in [0.29, 0.717) is 23.4 Å². The van der Waals surface area contributed by atoms with Crippen LogP contribution in [0.5, 0.6) is 0 Å². The highest BCUT2D eigenvalue weighted by molar-refractivity contribution is 6.61. The molecule has 6 nitrogen and oxygen atoms in total. The Morgan fingerprint density at radius 3 is 2.95 bits per heavy atom. The van der Waals surface area contributed by atoms with Crippen molar-refractivity contribution in [1.82, 2.24) is 4.98 Å². The van der Waals surface area contributed by atoms with E-state index in [1.807, 2.05) is 6.07 Å². The van der Waals surface area contributed by atoms with Crippen molar-refractivity contribution in [2.24, 2.45) is 0 Å². The summed E-state index contributed by atoms with van der Waals surface area (Å²) in [5, 5.41) is 15.0. The monoisotopic (exact) mass is 257 g/mol. The molecule has 1 aliphatic heterocycles. The molecule has 0 aliphatic carbocycles. The van der Waals surface area contributed by atoms with Crippen LogP contribution in [0.3, 0.4) is 0 Å². The van der Waals surface area contributed by atoms with Crippen molar-refractivity contribution in [3.05, 3.63) is 42.2 Å². The smallest absolute Gasteiger partial charge is 0.423 e. The Bertz CT molecular complexity index is 600. The molecule has 0 saturated carbocycles. The summed E-state index contributed by atoms with van der Waals surface area (Å²) in [6.45, 7) is 0.395. The van der Waals surface area contributed by atoms with E-state index in [-0.39, 0.29) is 6.03 Å². The van der Waals surface area contributed by atoms with Gasteiger partial charge in [0.15, 0.2) is 0 Å². The summed E-state index contributed by atoms with van der Waals surface area (Å²) in [5.74, 6) is 0. The summed E-state index contributed by atoms with van der Waals surface area (Å²) in [6, 6.07) is 6.73. The second-order valence-corrected chi connectivity index (χ2v) is 4.26. The van der Waals surface area contributed by atoms with Crippen LogP contribution in [0.15, 0.2) is 36.7 Å². The molecule has 2 heterocycles. The van der Waals surface area contributed by atoms with Crippen LogP contribution in [-0.2, 0) is 11.3 Å². The fourth-order valence-electron chi connectivity index (χ4n) is 1.99. The number of carbonyl (C=O) groups excluding carboxylic acids is 1. The van der Waals surface area contributed by atoms with Gasteiger partial charge >= 0.3 is 13.1 Å². The van der Waals surface area contributed by atoms with Gasteiger partial charge in [-0.05, 0) is 29.2 Å². The average Bonchev–Trinajstić information content (AvgIpc) is 3.00. The Morgan fingerprint density at radius 2 is 2.16 bits per heavy atom. The first kappa shape index (κ1) is 11.8. The molecule has 7 heteroatoms. The SMILES string of the molecule is O=C(Nc1cc[nH]c1)Nc1ccc2c(c1)B(O)OC2. The largest absolute Gasteiger partial charge is 0.491 e. The molecule has 1 aliphatic rings. The maximum Gasteiger partial charge on any atom is 0.491 e. The van der Waals surface area contributed by atoms with Crippen LogP contribution in [0.4, 0.5) is 16.2 Å². The van der Waals surface area contributed by atoms with Crippen LogP contribution in [0.25, 0.3) is 0 Å². The summed E-state index contributed by atoms with van der Waals surface area (Å²) in [5.41, 5.74) is 2.92. The molecule has 3 rings (SSSR count). The van der Waals surface area contributed by atoms with Gasteiger partial charge in [0.25, 0.3) is 0 Å². The van der Waals surface area contributed by atoms with Gasteiger partial charge in [0.2, 0.25) is 0 Å². The predicted octanol–water partition coefficient (Wildman–Crippen LogP) is 0.876. The zero-order valence-corrected chi connectivity index (χ0v) is 10.0. The third-order valence-electron chi connectivity index (χ3n) is 2.92. The predicted molar refractivity (Wildman–Crippen MR) is 72.3 cm³/mol. The highest BCUT2D eigenvalue weighted by Gasteiger charge is 2.27. The number of urea groups is 1. The number of aromatic nitrogens is 1. The Balaban J connectivity index is 1.70. The molecule has 0 fully saturated rings. The van der Waals surface area contributed by atoms with Gasteiger partial charge in [0.05, 0.1) is 12.3 Å². The van der Waals surface area contributed by atoms with E-state index in [0.717, 1.165) is 5.56 Å². The first-order valence-electron chi connectivity index (χ1n) is 5.85. The lowest BCUT2D eigenvalue weighted by molar-refractivity contribution is 0.262. The second-order valence-electron chi connectivity index (χ2n) is 4.26. The number of hydrogen-bond acceptors (Lipinski definition) is 3. The van der Waals surface area contributed by atoms with E-state index >= 15 is 0 Å². The molecule has 0 unspecified atom stereocenters. The highest BCUT2D eigenvalue weighted by atomic mass is 16.5. The molecule has 4 N–H and O–H groups in total. The minimum atomic E-state index is -0.913. The first-order chi connectivity index (χ1) is 9.22. The molecule has 0 radical (unpaired) electrons. The summed E-state index contributed by atoms with van der Waals surface area (Å²) in [4.78, 5) is 14.6. The minimum Gasteiger partial charge on any atom is -0.423 e. The summed E-state index contributed by atoms with van der Waals surface area (Å²) < 4.78 is 5.09. The van der Waals surface area contributed by atoms with Crippen molar-refractivity contribution < 1.29 is 14.5 Å².